The van der Waals surface area contributed by atoms with E-state index in [1.165, 1.54) is 6.08 Å². The summed E-state index contributed by atoms with van der Waals surface area (Å²) in [5.41, 5.74) is 3.76. The molecule has 2 aliphatic rings. The van der Waals surface area contributed by atoms with Crippen molar-refractivity contribution in [2.24, 2.45) is 11.8 Å². The summed E-state index contributed by atoms with van der Waals surface area (Å²) >= 11 is 0. The zero-order chi connectivity index (χ0) is 27.2. The van der Waals surface area contributed by atoms with Crippen LogP contribution in [0.4, 0.5) is 0 Å². The Balaban J connectivity index is 1.95. The van der Waals surface area contributed by atoms with Gasteiger partial charge in [0.15, 0.2) is 14.1 Å². The van der Waals surface area contributed by atoms with Crippen LogP contribution in [0, 0.1) is 25.7 Å². The number of aryl methyl sites for hydroxylation is 2. The van der Waals surface area contributed by atoms with Crippen LogP contribution in [-0.2, 0) is 30.1 Å². The van der Waals surface area contributed by atoms with Gasteiger partial charge in [-0.3, -0.25) is 14.4 Å². The molecule has 0 bridgehead atoms. The van der Waals surface area contributed by atoms with Crippen molar-refractivity contribution < 1.29 is 28.4 Å². The van der Waals surface area contributed by atoms with Gasteiger partial charge in [-0.25, -0.2) is 4.79 Å². The molecule has 36 heavy (non-hydrogen) atoms. The number of hydroxylamine groups is 2. The van der Waals surface area contributed by atoms with E-state index in [1.807, 2.05) is 26.8 Å². The molecule has 1 aromatic carbocycles. The number of β-lactam (4-membered cyclic amide) rings is 1. The van der Waals surface area contributed by atoms with Gasteiger partial charge >= 0.3 is 5.97 Å². The van der Waals surface area contributed by atoms with Crippen molar-refractivity contribution in [3.8, 4) is 0 Å². The fraction of sp³-hybridized carbons (Fsp3) is 0.571. The first-order valence-electron chi connectivity index (χ1n) is 12.6. The molecule has 0 spiro atoms. The highest BCUT2D eigenvalue weighted by atomic mass is 28.4. The highest BCUT2D eigenvalue weighted by Gasteiger charge is 2.59. The Morgan fingerprint density at radius 3 is 2.44 bits per heavy atom. The van der Waals surface area contributed by atoms with Crippen LogP contribution in [0.15, 0.2) is 24.8 Å². The van der Waals surface area contributed by atoms with E-state index >= 15 is 0 Å². The summed E-state index contributed by atoms with van der Waals surface area (Å²) in [6.45, 7) is 19.9. The summed E-state index contributed by atoms with van der Waals surface area (Å²) in [6, 6.07) is 3.27. The monoisotopic (exact) mass is 513 g/mol. The smallest absolute Gasteiger partial charge is 0.399 e. The topological polar surface area (TPSA) is 90.0 Å². The Kier molecular flexibility index (Phi) is 7.82. The first-order valence-corrected chi connectivity index (χ1v) is 15.5. The van der Waals surface area contributed by atoms with E-state index < -0.39 is 50.0 Å². The molecule has 1 aliphatic carbocycles. The zero-order valence-electron chi connectivity index (χ0n) is 22.8. The second-order valence-electron chi connectivity index (χ2n) is 11.7. The predicted molar refractivity (Wildman–Crippen MR) is 140 cm³/mol. The fourth-order valence-corrected chi connectivity index (χ4v) is 6.51. The van der Waals surface area contributed by atoms with Crippen LogP contribution in [0.2, 0.25) is 18.1 Å². The molecule has 0 radical (unpaired) electrons. The molecule has 1 saturated heterocycles. The number of allylic oxidation sites excluding steroid dienone is 1. The van der Waals surface area contributed by atoms with E-state index in [4.69, 9.17) is 9.26 Å². The number of amides is 1. The molecule has 1 aliphatic heterocycles. The van der Waals surface area contributed by atoms with Gasteiger partial charge in [0.05, 0.1) is 18.1 Å². The Hall–Kier alpha value is -2.58. The van der Waals surface area contributed by atoms with E-state index in [0.717, 1.165) is 21.8 Å². The molecule has 7 nitrogen and oxygen atoms in total. The predicted octanol–water partition coefficient (Wildman–Crippen LogP) is 4.89. The maximum absolute atomic E-state index is 13.8. The van der Waals surface area contributed by atoms with Gasteiger partial charge in [-0.05, 0) is 68.9 Å². The van der Waals surface area contributed by atoms with E-state index in [2.05, 4.69) is 46.5 Å². The number of hydrogen-bond acceptors (Lipinski definition) is 6. The highest BCUT2D eigenvalue weighted by Crippen LogP contribution is 2.44. The molecule has 3 rings (SSSR count). The Morgan fingerprint density at radius 2 is 1.86 bits per heavy atom. The minimum Gasteiger partial charge on any atom is -0.413 e. The average molecular weight is 514 g/mol. The standard InChI is InChI=1S/C28H39NO6Si/c1-10-11-22(30)27(33)34-29-24(23(26(29)32)18(4)35-36(8,9)28(5,6)7)20-13-12-19-17(3)14-16(2)15-21(19)25(20)31/h10,14-15,18,20,23-24H,1,11-13H2,2-9H3/t18-,20-,23-,24-/m1/s1. The van der Waals surface area contributed by atoms with Crippen LogP contribution in [0.1, 0.15) is 67.6 Å². The van der Waals surface area contributed by atoms with Crippen molar-refractivity contribution >= 4 is 31.8 Å². The van der Waals surface area contributed by atoms with Crippen molar-refractivity contribution in [2.75, 3.05) is 0 Å². The molecule has 8 heteroatoms. The number of ketones is 2. The summed E-state index contributed by atoms with van der Waals surface area (Å²) < 4.78 is 6.54. The fourth-order valence-electron chi connectivity index (χ4n) is 5.08. The third kappa shape index (κ3) is 5.11. The molecule has 4 atom stereocenters. The summed E-state index contributed by atoms with van der Waals surface area (Å²) in [7, 11) is -2.22. The van der Waals surface area contributed by atoms with E-state index in [-0.39, 0.29) is 17.2 Å². The summed E-state index contributed by atoms with van der Waals surface area (Å²) in [4.78, 5) is 56.8. The second-order valence-corrected chi connectivity index (χ2v) is 16.4. The van der Waals surface area contributed by atoms with Gasteiger partial charge in [0.1, 0.15) is 0 Å². The lowest BCUT2D eigenvalue weighted by Gasteiger charge is -2.52. The summed E-state index contributed by atoms with van der Waals surface area (Å²) in [6.07, 6.45) is 1.85. The molecule has 1 aromatic rings. The molecule has 0 unspecified atom stereocenters. The highest BCUT2D eigenvalue weighted by molar-refractivity contribution is 6.74. The van der Waals surface area contributed by atoms with E-state index in [0.29, 0.717) is 18.4 Å². The van der Waals surface area contributed by atoms with Crippen molar-refractivity contribution in [3.63, 3.8) is 0 Å². The van der Waals surface area contributed by atoms with Gasteiger partial charge in [-0.15, -0.1) is 6.58 Å². The minimum atomic E-state index is -2.22. The SMILES string of the molecule is C=CCC(=O)C(=O)ON1C(=O)[C@H]([C@@H](C)O[Si](C)(C)C(C)(C)C)[C@H]1[C@H]1CCc2c(C)cc(C)cc2C1=O. The van der Waals surface area contributed by atoms with Crippen LogP contribution in [0.5, 0.6) is 0 Å². The Labute approximate surface area is 215 Å². The molecular formula is C28H39NO6Si. The van der Waals surface area contributed by atoms with E-state index in [1.54, 1.807) is 0 Å². The van der Waals surface area contributed by atoms with Crippen LogP contribution >= 0.6 is 0 Å². The molecule has 1 fully saturated rings. The first-order chi connectivity index (χ1) is 16.6. The molecule has 1 amide bonds. The van der Waals surface area contributed by atoms with Gasteiger partial charge in [0.25, 0.3) is 5.91 Å². The maximum atomic E-state index is 13.8. The van der Waals surface area contributed by atoms with Gasteiger partial charge < -0.3 is 9.26 Å². The Morgan fingerprint density at radius 1 is 1.22 bits per heavy atom. The maximum Gasteiger partial charge on any atom is 0.399 e. The van der Waals surface area contributed by atoms with Crippen LogP contribution in [-0.4, -0.2) is 49.0 Å². The average Bonchev–Trinajstić information content (AvgIpc) is 2.75. The second kappa shape index (κ2) is 10.1. The summed E-state index contributed by atoms with van der Waals surface area (Å²) in [5.74, 6) is -3.64. The molecule has 0 saturated carbocycles. The van der Waals surface area contributed by atoms with Crippen molar-refractivity contribution in [1.82, 2.24) is 5.06 Å². The number of hydrogen-bond donors (Lipinski definition) is 0. The van der Waals surface area contributed by atoms with Crippen molar-refractivity contribution in [2.45, 2.75) is 91.1 Å². The molecule has 0 aromatic heterocycles. The van der Waals surface area contributed by atoms with Crippen LogP contribution in [0.3, 0.4) is 0 Å². The molecular weight excluding hydrogens is 474 g/mol. The normalized spacial score (nSPS) is 23.0. The number of fused-ring (bicyclic) bond motifs is 1. The largest absolute Gasteiger partial charge is 0.413 e. The minimum absolute atomic E-state index is 0.0662. The zero-order valence-corrected chi connectivity index (χ0v) is 23.8. The number of nitrogens with zero attached hydrogens (tertiary/aromatic N) is 1. The lowest BCUT2D eigenvalue weighted by atomic mass is 9.69. The lowest BCUT2D eigenvalue weighted by Crippen LogP contribution is -2.69. The number of carbonyl (C=O) groups is 4. The van der Waals surface area contributed by atoms with E-state index in [9.17, 15) is 19.2 Å². The molecule has 0 N–H and O–H groups in total. The quantitative estimate of drug-likeness (QED) is 0.213. The number of benzene rings is 1. The van der Waals surface area contributed by atoms with Crippen molar-refractivity contribution in [3.05, 3.63) is 47.0 Å². The number of rotatable bonds is 8. The first kappa shape index (κ1) is 28.0. The number of Topliss-reactive ketones (excluding diaryl/α,β-unsaturated/α-hetero) is 2. The van der Waals surface area contributed by atoms with Gasteiger partial charge in [0, 0.05) is 17.9 Å². The van der Waals surface area contributed by atoms with Gasteiger partial charge in [-0.1, -0.05) is 38.5 Å². The molecule has 196 valence electrons. The third-order valence-electron chi connectivity index (χ3n) is 8.01. The Bertz CT molecular complexity index is 1100. The third-order valence-corrected chi connectivity index (χ3v) is 12.6. The lowest BCUT2D eigenvalue weighted by molar-refractivity contribution is -0.248. The summed E-state index contributed by atoms with van der Waals surface area (Å²) in [5, 5.41) is 0.886. The van der Waals surface area contributed by atoms with Crippen molar-refractivity contribution in [1.29, 1.82) is 0 Å². The van der Waals surface area contributed by atoms with Crippen LogP contribution in [0.25, 0.3) is 0 Å². The van der Waals surface area contributed by atoms with Crippen LogP contribution < -0.4 is 0 Å². The van der Waals surface area contributed by atoms with Gasteiger partial charge in [-0.2, -0.15) is 5.06 Å². The molecule has 1 heterocycles. The number of carbonyl (C=O) groups excluding carboxylic acids is 4. The van der Waals surface area contributed by atoms with Gasteiger partial charge in [0.2, 0.25) is 5.78 Å².